The molecular weight excluding hydrogens is 266 g/mol. The molecule has 4 rings (SSSR count). The molecule has 102 valence electrons. The molecule has 2 heterocycles. The van der Waals surface area contributed by atoms with Gasteiger partial charge in [-0.1, -0.05) is 0 Å². The summed E-state index contributed by atoms with van der Waals surface area (Å²) in [6.45, 7) is 0. The molecule has 0 amide bonds. The number of rotatable bonds is 2. The minimum Gasteiger partial charge on any atom is -0.378 e. The third-order valence-corrected chi connectivity index (χ3v) is 5.07. The number of nitrogens with one attached hydrogen (secondary N) is 1. The van der Waals surface area contributed by atoms with Crippen LogP contribution in [0.4, 0.5) is 5.69 Å². The van der Waals surface area contributed by atoms with Crippen molar-refractivity contribution in [3.05, 3.63) is 47.1 Å². The van der Waals surface area contributed by atoms with Crippen molar-refractivity contribution in [2.24, 2.45) is 7.05 Å². The summed E-state index contributed by atoms with van der Waals surface area (Å²) in [6, 6.07) is 9.21. The fraction of sp³-hybridized carbons (Fsp3) is 0.312. The standard InChI is InChI=1S/C16H17N3S/c1-19-15-4-2-3-14(13(15)10-17-19)18-12-5-6-16-11(9-12)7-8-20-16/h5-10,14,18H,2-4H2,1H3. The van der Waals surface area contributed by atoms with Crippen molar-refractivity contribution in [2.45, 2.75) is 25.3 Å². The second-order valence-corrected chi connectivity index (χ2v) is 6.38. The highest BCUT2D eigenvalue weighted by atomic mass is 32.1. The zero-order valence-corrected chi connectivity index (χ0v) is 12.3. The summed E-state index contributed by atoms with van der Waals surface area (Å²) in [4.78, 5) is 0. The van der Waals surface area contributed by atoms with E-state index in [1.807, 2.05) is 17.9 Å². The maximum atomic E-state index is 4.41. The van der Waals surface area contributed by atoms with Gasteiger partial charge in [0.2, 0.25) is 0 Å². The summed E-state index contributed by atoms with van der Waals surface area (Å²) >= 11 is 1.79. The average molecular weight is 283 g/mol. The van der Waals surface area contributed by atoms with E-state index in [0.717, 1.165) is 6.42 Å². The first kappa shape index (κ1) is 12.0. The molecule has 20 heavy (non-hydrogen) atoms. The third-order valence-electron chi connectivity index (χ3n) is 4.17. The molecule has 1 aliphatic carbocycles. The molecule has 2 aromatic heterocycles. The number of anilines is 1. The van der Waals surface area contributed by atoms with Crippen molar-refractivity contribution in [1.29, 1.82) is 0 Å². The van der Waals surface area contributed by atoms with E-state index in [0.29, 0.717) is 6.04 Å². The minimum atomic E-state index is 0.392. The molecule has 1 unspecified atom stereocenters. The van der Waals surface area contributed by atoms with E-state index in [2.05, 4.69) is 40.1 Å². The van der Waals surface area contributed by atoms with Crippen LogP contribution in [-0.4, -0.2) is 9.78 Å². The number of aromatic nitrogens is 2. The van der Waals surface area contributed by atoms with Gasteiger partial charge >= 0.3 is 0 Å². The smallest absolute Gasteiger partial charge is 0.0547 e. The predicted molar refractivity (Wildman–Crippen MR) is 84.3 cm³/mol. The molecule has 3 nitrogen and oxygen atoms in total. The van der Waals surface area contributed by atoms with Crippen LogP contribution in [0.2, 0.25) is 0 Å². The Morgan fingerprint density at radius 2 is 2.30 bits per heavy atom. The average Bonchev–Trinajstić information content (AvgIpc) is 3.06. The maximum Gasteiger partial charge on any atom is 0.0547 e. The minimum absolute atomic E-state index is 0.392. The van der Waals surface area contributed by atoms with Crippen LogP contribution in [0.25, 0.3) is 10.1 Å². The molecule has 1 atom stereocenters. The lowest BCUT2D eigenvalue weighted by atomic mass is 9.93. The summed E-state index contributed by atoms with van der Waals surface area (Å²) in [5.41, 5.74) is 3.95. The molecule has 0 spiro atoms. The van der Waals surface area contributed by atoms with Gasteiger partial charge in [-0.05, 0) is 54.3 Å². The predicted octanol–water partition coefficient (Wildman–Crippen LogP) is 4.12. The Labute approximate surface area is 122 Å². The van der Waals surface area contributed by atoms with Crippen molar-refractivity contribution in [3.8, 4) is 0 Å². The molecule has 0 saturated carbocycles. The molecule has 0 bridgehead atoms. The quantitative estimate of drug-likeness (QED) is 0.766. The van der Waals surface area contributed by atoms with Gasteiger partial charge in [-0.15, -0.1) is 11.3 Å². The van der Waals surface area contributed by atoms with Crippen LogP contribution in [0.3, 0.4) is 0 Å². The molecule has 1 aromatic carbocycles. The number of nitrogens with zero attached hydrogens (tertiary/aromatic N) is 2. The van der Waals surface area contributed by atoms with Crippen LogP contribution in [0.5, 0.6) is 0 Å². The van der Waals surface area contributed by atoms with Crippen LogP contribution >= 0.6 is 11.3 Å². The van der Waals surface area contributed by atoms with E-state index in [1.54, 1.807) is 11.3 Å². The van der Waals surface area contributed by atoms with Crippen molar-refractivity contribution in [3.63, 3.8) is 0 Å². The highest BCUT2D eigenvalue weighted by Crippen LogP contribution is 2.33. The lowest BCUT2D eigenvalue weighted by Gasteiger charge is -2.24. The number of hydrogen-bond donors (Lipinski definition) is 1. The summed E-state index contributed by atoms with van der Waals surface area (Å²) in [6.07, 6.45) is 5.58. The molecule has 1 aliphatic rings. The van der Waals surface area contributed by atoms with E-state index in [-0.39, 0.29) is 0 Å². The zero-order chi connectivity index (χ0) is 13.5. The number of aryl methyl sites for hydroxylation is 1. The molecule has 0 radical (unpaired) electrons. The molecular formula is C16H17N3S. The summed E-state index contributed by atoms with van der Waals surface area (Å²) in [5.74, 6) is 0. The highest BCUT2D eigenvalue weighted by molar-refractivity contribution is 7.17. The van der Waals surface area contributed by atoms with Crippen LogP contribution in [-0.2, 0) is 13.5 Å². The van der Waals surface area contributed by atoms with Crippen molar-refractivity contribution in [1.82, 2.24) is 9.78 Å². The largest absolute Gasteiger partial charge is 0.378 e. The Balaban J connectivity index is 1.65. The van der Waals surface area contributed by atoms with Crippen LogP contribution < -0.4 is 5.32 Å². The van der Waals surface area contributed by atoms with Crippen molar-refractivity contribution >= 4 is 27.1 Å². The van der Waals surface area contributed by atoms with E-state index >= 15 is 0 Å². The number of fused-ring (bicyclic) bond motifs is 2. The molecule has 3 aromatic rings. The first-order valence-electron chi connectivity index (χ1n) is 7.06. The van der Waals surface area contributed by atoms with E-state index in [1.165, 1.54) is 39.9 Å². The van der Waals surface area contributed by atoms with Gasteiger partial charge in [0, 0.05) is 28.7 Å². The van der Waals surface area contributed by atoms with Gasteiger partial charge < -0.3 is 5.32 Å². The van der Waals surface area contributed by atoms with Gasteiger partial charge in [-0.3, -0.25) is 4.68 Å². The Bertz CT molecular complexity index is 756. The van der Waals surface area contributed by atoms with Gasteiger partial charge in [0.1, 0.15) is 0 Å². The Hall–Kier alpha value is -1.81. The Kier molecular flexibility index (Phi) is 2.77. The molecule has 1 N–H and O–H groups in total. The van der Waals surface area contributed by atoms with E-state index in [9.17, 15) is 0 Å². The highest BCUT2D eigenvalue weighted by Gasteiger charge is 2.23. The molecule has 0 aliphatic heterocycles. The first-order valence-corrected chi connectivity index (χ1v) is 7.94. The topological polar surface area (TPSA) is 29.9 Å². The van der Waals surface area contributed by atoms with Gasteiger partial charge in [0.25, 0.3) is 0 Å². The zero-order valence-electron chi connectivity index (χ0n) is 11.5. The maximum absolute atomic E-state index is 4.41. The van der Waals surface area contributed by atoms with E-state index < -0.39 is 0 Å². The molecule has 0 fully saturated rings. The van der Waals surface area contributed by atoms with Crippen molar-refractivity contribution < 1.29 is 0 Å². The lowest BCUT2D eigenvalue weighted by Crippen LogP contribution is -2.17. The third kappa shape index (κ3) is 1.91. The van der Waals surface area contributed by atoms with Crippen LogP contribution in [0.1, 0.15) is 30.1 Å². The van der Waals surface area contributed by atoms with Gasteiger partial charge in [-0.2, -0.15) is 5.10 Å². The van der Waals surface area contributed by atoms with Crippen LogP contribution in [0, 0.1) is 0 Å². The fourth-order valence-electron chi connectivity index (χ4n) is 3.11. The summed E-state index contributed by atoms with van der Waals surface area (Å²) in [5, 5.41) is 11.6. The second kappa shape index (κ2) is 4.63. The monoisotopic (exact) mass is 283 g/mol. The van der Waals surface area contributed by atoms with E-state index in [4.69, 9.17) is 0 Å². The van der Waals surface area contributed by atoms with Gasteiger partial charge in [0.15, 0.2) is 0 Å². The summed E-state index contributed by atoms with van der Waals surface area (Å²) in [7, 11) is 2.04. The molecule has 4 heteroatoms. The van der Waals surface area contributed by atoms with Crippen LogP contribution in [0.15, 0.2) is 35.8 Å². The Morgan fingerprint density at radius 3 is 3.25 bits per heavy atom. The number of benzene rings is 1. The van der Waals surface area contributed by atoms with Gasteiger partial charge in [0.05, 0.1) is 12.2 Å². The van der Waals surface area contributed by atoms with Crippen molar-refractivity contribution in [2.75, 3.05) is 5.32 Å². The SMILES string of the molecule is Cn1ncc2c1CCCC2Nc1ccc2sccc2c1. The van der Waals surface area contributed by atoms with Gasteiger partial charge in [-0.25, -0.2) is 0 Å². The first-order chi connectivity index (χ1) is 9.81. The fourth-order valence-corrected chi connectivity index (χ4v) is 3.88. The molecule has 0 saturated heterocycles. The lowest BCUT2D eigenvalue weighted by molar-refractivity contribution is 0.571. The number of thiophene rings is 1. The Morgan fingerprint density at radius 1 is 1.35 bits per heavy atom. The number of hydrogen-bond acceptors (Lipinski definition) is 3. The second-order valence-electron chi connectivity index (χ2n) is 5.43. The summed E-state index contributed by atoms with van der Waals surface area (Å²) < 4.78 is 3.37. The normalized spacial score (nSPS) is 18.1.